The van der Waals surface area contributed by atoms with Crippen molar-refractivity contribution in [3.63, 3.8) is 0 Å². The molecule has 1 aromatic carbocycles. The number of nitrogens with zero attached hydrogens (tertiary/aromatic N) is 2. The van der Waals surface area contributed by atoms with Crippen LogP contribution in [0.3, 0.4) is 0 Å². The van der Waals surface area contributed by atoms with Gasteiger partial charge in [0.1, 0.15) is 5.75 Å². The average molecular weight is 277 g/mol. The van der Waals surface area contributed by atoms with Crippen LogP contribution in [0.15, 0.2) is 12.1 Å². The molecule has 1 fully saturated rings. The Morgan fingerprint density at radius 1 is 1.25 bits per heavy atom. The minimum absolute atomic E-state index is 0.0250. The second-order valence-electron chi connectivity index (χ2n) is 5.21. The van der Waals surface area contributed by atoms with Crippen molar-refractivity contribution < 1.29 is 9.53 Å². The Morgan fingerprint density at radius 2 is 1.90 bits per heavy atom. The fourth-order valence-corrected chi connectivity index (χ4v) is 2.76. The zero-order valence-corrected chi connectivity index (χ0v) is 12.5. The van der Waals surface area contributed by atoms with Crippen LogP contribution in [0.5, 0.6) is 5.75 Å². The summed E-state index contributed by atoms with van der Waals surface area (Å²) in [6, 6.07) is 4.27. The molecule has 0 spiro atoms. The summed E-state index contributed by atoms with van der Waals surface area (Å²) in [7, 11) is 1.70. The first-order chi connectivity index (χ1) is 9.56. The number of benzene rings is 1. The zero-order chi connectivity index (χ0) is 14.7. The van der Waals surface area contributed by atoms with Crippen molar-refractivity contribution in [3.05, 3.63) is 23.3 Å². The molecule has 0 unspecified atom stereocenters. The summed E-state index contributed by atoms with van der Waals surface area (Å²) in [5, 5.41) is 0. The summed E-state index contributed by atoms with van der Waals surface area (Å²) in [5.41, 5.74) is 8.89. The van der Waals surface area contributed by atoms with Gasteiger partial charge in [-0.3, -0.25) is 4.79 Å². The summed E-state index contributed by atoms with van der Waals surface area (Å²) in [6.07, 6.45) is 0. The number of hydrogen-bond acceptors (Lipinski definition) is 4. The molecule has 2 N–H and O–H groups in total. The van der Waals surface area contributed by atoms with Gasteiger partial charge in [0.25, 0.3) is 0 Å². The molecular formula is C15H23N3O2. The van der Waals surface area contributed by atoms with Crippen molar-refractivity contribution >= 4 is 11.6 Å². The van der Waals surface area contributed by atoms with Gasteiger partial charge in [-0.05, 0) is 31.0 Å². The van der Waals surface area contributed by atoms with Gasteiger partial charge in [-0.25, -0.2) is 0 Å². The molecule has 5 nitrogen and oxygen atoms in total. The maximum atomic E-state index is 11.6. The molecule has 1 saturated heterocycles. The molecule has 1 heterocycles. The summed E-state index contributed by atoms with van der Waals surface area (Å²) in [5.74, 6) is 0.950. The lowest BCUT2D eigenvalue weighted by Crippen LogP contribution is -2.50. The molecule has 0 radical (unpaired) electrons. The largest absolute Gasteiger partial charge is 0.494 e. The Labute approximate surface area is 120 Å². The molecule has 0 aliphatic carbocycles. The van der Waals surface area contributed by atoms with Crippen LogP contribution in [0.2, 0.25) is 0 Å². The molecule has 0 saturated carbocycles. The second-order valence-corrected chi connectivity index (χ2v) is 5.21. The molecule has 0 aromatic heterocycles. The van der Waals surface area contributed by atoms with Crippen LogP contribution in [-0.4, -0.2) is 50.6 Å². The lowest BCUT2D eigenvalue weighted by Gasteiger charge is -2.37. The van der Waals surface area contributed by atoms with E-state index in [0.29, 0.717) is 13.1 Å². The monoisotopic (exact) mass is 277 g/mol. The Kier molecular flexibility index (Phi) is 4.49. The summed E-state index contributed by atoms with van der Waals surface area (Å²) in [6.45, 7) is 7.29. The van der Waals surface area contributed by atoms with Crippen LogP contribution in [0.25, 0.3) is 0 Å². The molecule has 1 aliphatic rings. The van der Waals surface area contributed by atoms with E-state index < -0.39 is 0 Å². The van der Waals surface area contributed by atoms with Crippen molar-refractivity contribution in [3.8, 4) is 5.75 Å². The number of aryl methyl sites for hydroxylation is 2. The first kappa shape index (κ1) is 14.7. The third-order valence-corrected chi connectivity index (χ3v) is 3.75. The van der Waals surface area contributed by atoms with Crippen molar-refractivity contribution in [1.82, 2.24) is 4.90 Å². The first-order valence-corrected chi connectivity index (χ1v) is 6.95. The van der Waals surface area contributed by atoms with Crippen LogP contribution >= 0.6 is 0 Å². The van der Waals surface area contributed by atoms with Gasteiger partial charge in [-0.15, -0.1) is 0 Å². The summed E-state index contributed by atoms with van der Waals surface area (Å²) < 4.78 is 5.54. The van der Waals surface area contributed by atoms with E-state index in [-0.39, 0.29) is 12.5 Å². The number of piperazine rings is 1. The van der Waals surface area contributed by atoms with E-state index in [1.807, 2.05) is 4.90 Å². The van der Waals surface area contributed by atoms with Crippen molar-refractivity contribution in [2.45, 2.75) is 13.8 Å². The number of rotatable bonds is 3. The second kappa shape index (κ2) is 6.13. The van der Waals surface area contributed by atoms with Crippen molar-refractivity contribution in [1.29, 1.82) is 0 Å². The first-order valence-electron chi connectivity index (χ1n) is 6.95. The molecule has 20 heavy (non-hydrogen) atoms. The standard InChI is InChI=1S/C15H23N3O2/c1-11-8-12(2)15(20-3)13(9-11)17-4-6-18(7-5-17)14(19)10-16/h8-9H,4-7,10,16H2,1-3H3. The third kappa shape index (κ3) is 2.88. The van der Waals surface area contributed by atoms with E-state index in [4.69, 9.17) is 10.5 Å². The zero-order valence-electron chi connectivity index (χ0n) is 12.5. The van der Waals surface area contributed by atoms with E-state index in [9.17, 15) is 4.79 Å². The fourth-order valence-electron chi connectivity index (χ4n) is 2.76. The molecule has 110 valence electrons. The normalized spacial score (nSPS) is 15.4. The topological polar surface area (TPSA) is 58.8 Å². The van der Waals surface area contributed by atoms with Gasteiger partial charge >= 0.3 is 0 Å². The van der Waals surface area contributed by atoms with Crippen LogP contribution < -0.4 is 15.4 Å². The van der Waals surface area contributed by atoms with Crippen LogP contribution in [-0.2, 0) is 4.79 Å². The maximum Gasteiger partial charge on any atom is 0.236 e. The summed E-state index contributed by atoms with van der Waals surface area (Å²) >= 11 is 0. The minimum atomic E-state index is 0.0250. The van der Waals surface area contributed by atoms with Crippen LogP contribution in [0.1, 0.15) is 11.1 Å². The van der Waals surface area contributed by atoms with Gasteiger partial charge in [-0.2, -0.15) is 0 Å². The van der Waals surface area contributed by atoms with Gasteiger partial charge in [0, 0.05) is 26.2 Å². The predicted octanol–water partition coefficient (Wildman–Crippen LogP) is 0.919. The van der Waals surface area contributed by atoms with Crippen LogP contribution in [0, 0.1) is 13.8 Å². The highest BCUT2D eigenvalue weighted by Crippen LogP contribution is 2.33. The summed E-state index contributed by atoms with van der Waals surface area (Å²) in [4.78, 5) is 15.7. The fraction of sp³-hybridized carbons (Fsp3) is 0.533. The molecule has 1 amide bonds. The number of ether oxygens (including phenoxy) is 1. The number of carbonyl (C=O) groups excluding carboxylic acids is 1. The molecule has 1 aliphatic heterocycles. The Balaban J connectivity index is 2.16. The Hall–Kier alpha value is -1.75. The lowest BCUT2D eigenvalue weighted by molar-refractivity contribution is -0.129. The van der Waals surface area contributed by atoms with Crippen LogP contribution in [0.4, 0.5) is 5.69 Å². The number of nitrogens with two attached hydrogens (primary N) is 1. The molecule has 5 heteroatoms. The van der Waals surface area contributed by atoms with Gasteiger partial charge in [-0.1, -0.05) is 6.07 Å². The van der Waals surface area contributed by atoms with Gasteiger partial charge in [0.15, 0.2) is 0 Å². The Morgan fingerprint density at radius 3 is 2.45 bits per heavy atom. The number of amides is 1. The maximum absolute atomic E-state index is 11.6. The van der Waals surface area contributed by atoms with E-state index in [2.05, 4.69) is 30.9 Å². The van der Waals surface area contributed by atoms with E-state index >= 15 is 0 Å². The molecule has 0 atom stereocenters. The minimum Gasteiger partial charge on any atom is -0.494 e. The van der Waals surface area contributed by atoms with Gasteiger partial charge < -0.3 is 20.3 Å². The smallest absolute Gasteiger partial charge is 0.236 e. The van der Waals surface area contributed by atoms with Crippen molar-refractivity contribution in [2.75, 3.05) is 44.7 Å². The number of carbonyl (C=O) groups is 1. The van der Waals surface area contributed by atoms with E-state index in [0.717, 1.165) is 30.1 Å². The average Bonchev–Trinajstić information content (AvgIpc) is 2.46. The molecule has 1 aromatic rings. The van der Waals surface area contributed by atoms with Crippen molar-refractivity contribution in [2.24, 2.45) is 5.73 Å². The SMILES string of the molecule is COc1c(C)cc(C)cc1N1CCN(C(=O)CN)CC1. The van der Waals surface area contributed by atoms with Gasteiger partial charge in [0.2, 0.25) is 5.91 Å². The highest BCUT2D eigenvalue weighted by molar-refractivity contribution is 5.78. The van der Waals surface area contributed by atoms with E-state index in [1.165, 1.54) is 5.56 Å². The highest BCUT2D eigenvalue weighted by atomic mass is 16.5. The number of anilines is 1. The number of hydrogen-bond donors (Lipinski definition) is 1. The van der Waals surface area contributed by atoms with E-state index in [1.54, 1.807) is 7.11 Å². The quantitative estimate of drug-likeness (QED) is 0.892. The predicted molar refractivity (Wildman–Crippen MR) is 80.3 cm³/mol. The lowest BCUT2D eigenvalue weighted by atomic mass is 10.1. The molecule has 0 bridgehead atoms. The Bertz CT molecular complexity index is 494. The molecular weight excluding hydrogens is 254 g/mol. The number of methoxy groups -OCH3 is 1. The third-order valence-electron chi connectivity index (χ3n) is 3.75. The van der Waals surface area contributed by atoms with Gasteiger partial charge in [0.05, 0.1) is 19.3 Å². The molecule has 2 rings (SSSR count). The highest BCUT2D eigenvalue weighted by Gasteiger charge is 2.22.